The molecule has 2 rings (SSSR count). The van der Waals surface area contributed by atoms with Gasteiger partial charge in [0.15, 0.2) is 0 Å². The molecule has 0 saturated carbocycles. The van der Waals surface area contributed by atoms with E-state index in [1.165, 1.54) is 23.6 Å². The summed E-state index contributed by atoms with van der Waals surface area (Å²) in [4.78, 5) is 36.5. The predicted octanol–water partition coefficient (Wildman–Crippen LogP) is 2.33. The van der Waals surface area contributed by atoms with Crippen LogP contribution in [0.25, 0.3) is 0 Å². The predicted molar refractivity (Wildman–Crippen MR) is 92.2 cm³/mol. The van der Waals surface area contributed by atoms with Gasteiger partial charge in [0.2, 0.25) is 5.91 Å². The lowest BCUT2D eigenvalue weighted by molar-refractivity contribution is -0.116. The van der Waals surface area contributed by atoms with Crippen molar-refractivity contribution in [1.82, 2.24) is 9.78 Å². The van der Waals surface area contributed by atoms with Gasteiger partial charge in [-0.2, -0.15) is 5.10 Å². The standard InChI is InChI=1S/C16H19N3O5S/c1-4-10-9(3)25-14(13(10)16(23)24-5-2)18-12(20)8-19-11(15(21)22)6-7-17-19/h6-7H,4-5,8H2,1-3H3,(H,18,20)(H,21,22). The molecule has 0 aliphatic rings. The van der Waals surface area contributed by atoms with Gasteiger partial charge in [0.1, 0.15) is 17.2 Å². The van der Waals surface area contributed by atoms with Crippen LogP contribution in [-0.4, -0.2) is 39.3 Å². The molecule has 0 saturated heterocycles. The smallest absolute Gasteiger partial charge is 0.354 e. The van der Waals surface area contributed by atoms with E-state index in [1.807, 2.05) is 13.8 Å². The second-order valence-electron chi connectivity index (χ2n) is 5.14. The number of aromatic carboxylic acids is 1. The number of carbonyl (C=O) groups is 3. The molecule has 134 valence electrons. The van der Waals surface area contributed by atoms with E-state index in [0.717, 1.165) is 15.1 Å². The van der Waals surface area contributed by atoms with Gasteiger partial charge in [-0.3, -0.25) is 4.79 Å². The van der Waals surface area contributed by atoms with Gasteiger partial charge >= 0.3 is 11.9 Å². The summed E-state index contributed by atoms with van der Waals surface area (Å²) < 4.78 is 6.17. The number of aryl methyl sites for hydroxylation is 1. The zero-order chi connectivity index (χ0) is 18.6. The van der Waals surface area contributed by atoms with Crippen LogP contribution in [0.5, 0.6) is 0 Å². The highest BCUT2D eigenvalue weighted by Gasteiger charge is 2.24. The summed E-state index contributed by atoms with van der Waals surface area (Å²) in [5.74, 6) is -2.12. The molecule has 0 bridgehead atoms. The highest BCUT2D eigenvalue weighted by Crippen LogP contribution is 2.34. The van der Waals surface area contributed by atoms with Crippen LogP contribution in [0.4, 0.5) is 5.00 Å². The number of hydrogen-bond acceptors (Lipinski definition) is 6. The molecular formula is C16H19N3O5S. The summed E-state index contributed by atoms with van der Waals surface area (Å²) in [5.41, 5.74) is 1.11. The first-order valence-electron chi connectivity index (χ1n) is 7.73. The highest BCUT2D eigenvalue weighted by atomic mass is 32.1. The van der Waals surface area contributed by atoms with Crippen LogP contribution in [0.15, 0.2) is 12.3 Å². The number of ether oxygens (including phenoxy) is 1. The maximum atomic E-state index is 12.3. The summed E-state index contributed by atoms with van der Waals surface area (Å²) in [5, 5.41) is 16.0. The Kier molecular flexibility index (Phi) is 5.92. The third-order valence-corrected chi connectivity index (χ3v) is 4.59. The molecule has 8 nitrogen and oxygen atoms in total. The van der Waals surface area contributed by atoms with E-state index < -0.39 is 17.8 Å². The van der Waals surface area contributed by atoms with Crippen LogP contribution in [0.1, 0.15) is 45.1 Å². The first-order chi connectivity index (χ1) is 11.9. The molecular weight excluding hydrogens is 346 g/mol. The van der Waals surface area contributed by atoms with Crippen molar-refractivity contribution in [2.24, 2.45) is 0 Å². The lowest BCUT2D eigenvalue weighted by Crippen LogP contribution is -2.23. The summed E-state index contributed by atoms with van der Waals surface area (Å²) in [6.45, 7) is 5.48. The zero-order valence-electron chi connectivity index (χ0n) is 14.2. The number of aromatic nitrogens is 2. The number of anilines is 1. The first kappa shape index (κ1) is 18.7. The van der Waals surface area contributed by atoms with Crippen molar-refractivity contribution in [1.29, 1.82) is 0 Å². The molecule has 0 aromatic carbocycles. The van der Waals surface area contributed by atoms with Crippen molar-refractivity contribution in [3.63, 3.8) is 0 Å². The topological polar surface area (TPSA) is 111 Å². The van der Waals surface area contributed by atoms with Crippen LogP contribution >= 0.6 is 11.3 Å². The number of nitrogens with one attached hydrogen (secondary N) is 1. The molecule has 25 heavy (non-hydrogen) atoms. The summed E-state index contributed by atoms with van der Waals surface area (Å²) in [6, 6.07) is 1.31. The van der Waals surface area contributed by atoms with Gasteiger partial charge < -0.3 is 15.2 Å². The Morgan fingerprint density at radius 2 is 2.08 bits per heavy atom. The minimum absolute atomic E-state index is 0.0858. The lowest BCUT2D eigenvalue weighted by atomic mass is 10.1. The van der Waals surface area contributed by atoms with Crippen molar-refractivity contribution < 1.29 is 24.2 Å². The lowest BCUT2D eigenvalue weighted by Gasteiger charge is -2.08. The van der Waals surface area contributed by atoms with Crippen LogP contribution in [0.2, 0.25) is 0 Å². The molecule has 0 aliphatic carbocycles. The van der Waals surface area contributed by atoms with Crippen molar-refractivity contribution >= 4 is 34.2 Å². The van der Waals surface area contributed by atoms with Gasteiger partial charge in [0, 0.05) is 11.1 Å². The Bertz CT molecular complexity index is 809. The average Bonchev–Trinajstić information content (AvgIpc) is 3.11. The van der Waals surface area contributed by atoms with Crippen LogP contribution < -0.4 is 5.32 Å². The average molecular weight is 365 g/mol. The number of amides is 1. The third kappa shape index (κ3) is 4.05. The fourth-order valence-corrected chi connectivity index (χ4v) is 3.60. The quantitative estimate of drug-likeness (QED) is 0.729. The maximum absolute atomic E-state index is 12.3. The molecule has 2 aromatic rings. The SMILES string of the molecule is CCOC(=O)c1c(NC(=O)Cn2nccc2C(=O)O)sc(C)c1CC. The van der Waals surface area contributed by atoms with Crippen LogP contribution in [-0.2, 0) is 22.5 Å². The van der Waals surface area contributed by atoms with E-state index in [2.05, 4.69) is 10.4 Å². The number of rotatable bonds is 7. The number of nitrogens with zero attached hydrogens (tertiary/aromatic N) is 2. The van der Waals surface area contributed by atoms with E-state index >= 15 is 0 Å². The number of carboxylic acid groups (broad SMARTS) is 1. The van der Waals surface area contributed by atoms with Gasteiger partial charge in [-0.05, 0) is 31.9 Å². The molecule has 0 spiro atoms. The number of carboxylic acids is 1. The van der Waals surface area contributed by atoms with Gasteiger partial charge in [0.05, 0.1) is 12.2 Å². The number of carbonyl (C=O) groups excluding carboxylic acids is 2. The van der Waals surface area contributed by atoms with Gasteiger partial charge in [-0.15, -0.1) is 11.3 Å². The molecule has 2 aromatic heterocycles. The van der Waals surface area contributed by atoms with E-state index in [9.17, 15) is 14.4 Å². The molecule has 0 aliphatic heterocycles. The van der Waals surface area contributed by atoms with Crippen molar-refractivity contribution in [3.8, 4) is 0 Å². The largest absolute Gasteiger partial charge is 0.477 e. The fraction of sp³-hybridized carbons (Fsp3) is 0.375. The first-order valence-corrected chi connectivity index (χ1v) is 8.54. The van der Waals surface area contributed by atoms with Crippen LogP contribution in [0, 0.1) is 6.92 Å². The van der Waals surface area contributed by atoms with E-state index in [1.54, 1.807) is 6.92 Å². The van der Waals surface area contributed by atoms with Gasteiger partial charge in [-0.25, -0.2) is 14.3 Å². The Labute approximate surface area is 148 Å². The van der Waals surface area contributed by atoms with Crippen molar-refractivity contribution in [3.05, 3.63) is 34.0 Å². The van der Waals surface area contributed by atoms with E-state index in [4.69, 9.17) is 9.84 Å². The van der Waals surface area contributed by atoms with Gasteiger partial charge in [-0.1, -0.05) is 6.92 Å². The molecule has 9 heteroatoms. The second-order valence-corrected chi connectivity index (χ2v) is 6.37. The Morgan fingerprint density at radius 3 is 2.68 bits per heavy atom. The Morgan fingerprint density at radius 1 is 1.36 bits per heavy atom. The molecule has 1 amide bonds. The van der Waals surface area contributed by atoms with E-state index in [-0.39, 0.29) is 18.8 Å². The number of thiophene rings is 1. The van der Waals surface area contributed by atoms with E-state index in [0.29, 0.717) is 17.0 Å². The third-order valence-electron chi connectivity index (χ3n) is 3.52. The minimum Gasteiger partial charge on any atom is -0.477 e. The summed E-state index contributed by atoms with van der Waals surface area (Å²) in [7, 11) is 0. The molecule has 0 unspecified atom stereocenters. The van der Waals surface area contributed by atoms with Crippen LogP contribution in [0.3, 0.4) is 0 Å². The molecule has 0 atom stereocenters. The maximum Gasteiger partial charge on any atom is 0.354 e. The molecule has 0 fully saturated rings. The molecule has 0 radical (unpaired) electrons. The van der Waals surface area contributed by atoms with Gasteiger partial charge in [0.25, 0.3) is 0 Å². The summed E-state index contributed by atoms with van der Waals surface area (Å²) in [6.07, 6.45) is 1.94. The number of esters is 1. The monoisotopic (exact) mass is 365 g/mol. The number of hydrogen-bond donors (Lipinski definition) is 2. The molecule has 2 heterocycles. The minimum atomic E-state index is -1.17. The van der Waals surface area contributed by atoms with Crippen molar-refractivity contribution in [2.45, 2.75) is 33.7 Å². The Balaban J connectivity index is 2.24. The Hall–Kier alpha value is -2.68. The highest BCUT2D eigenvalue weighted by molar-refractivity contribution is 7.16. The zero-order valence-corrected chi connectivity index (χ0v) is 15.0. The summed E-state index contributed by atoms with van der Waals surface area (Å²) >= 11 is 1.29. The molecule has 2 N–H and O–H groups in total. The fourth-order valence-electron chi connectivity index (χ4n) is 2.45. The second kappa shape index (κ2) is 7.93. The normalized spacial score (nSPS) is 10.5. The van der Waals surface area contributed by atoms with Crippen molar-refractivity contribution in [2.75, 3.05) is 11.9 Å².